The lowest BCUT2D eigenvalue weighted by atomic mass is 10.1. The molecule has 2 atom stereocenters. The Morgan fingerprint density at radius 2 is 1.98 bits per heavy atom. The number of piperazine rings is 1. The number of benzene rings is 2. The Morgan fingerprint density at radius 1 is 1.20 bits per heavy atom. The molecule has 0 bridgehead atoms. The summed E-state index contributed by atoms with van der Waals surface area (Å²) in [5, 5.41) is 16.0. The van der Waals surface area contributed by atoms with E-state index in [1.54, 1.807) is 58.0 Å². The van der Waals surface area contributed by atoms with Gasteiger partial charge in [0.15, 0.2) is 23.0 Å². The average molecular weight is 649 g/mol. The molecule has 0 aliphatic carbocycles. The number of β-amino-alcohol motifs (C(OH)–C–C–N with tert-alkyl or cyclic N) is 1. The Bertz CT molecular complexity index is 1810. The minimum atomic E-state index is -0.673. The lowest BCUT2D eigenvalue weighted by Crippen LogP contribution is -2.54. The van der Waals surface area contributed by atoms with Gasteiger partial charge >= 0.3 is 0 Å². The maximum absolute atomic E-state index is 15.0. The molecule has 0 spiro atoms. The number of aromatic nitrogens is 3. The van der Waals surface area contributed by atoms with E-state index in [1.807, 2.05) is 13.0 Å². The van der Waals surface area contributed by atoms with Crippen LogP contribution in [0.25, 0.3) is 16.9 Å². The number of fused-ring (bicyclic) bond motifs is 1. The van der Waals surface area contributed by atoms with Crippen LogP contribution in [0.1, 0.15) is 22.3 Å². The smallest absolute Gasteiger partial charge is 0.254 e. The number of amides is 2. The number of ether oxygens (including phenoxy) is 1. The fourth-order valence-electron chi connectivity index (χ4n) is 5.79. The Hall–Kier alpha value is -4.59. The number of hydrogen-bond acceptors (Lipinski definition) is 9. The average Bonchev–Trinajstić information content (AvgIpc) is 3.70. The van der Waals surface area contributed by atoms with E-state index >= 15 is 4.39 Å². The third-order valence-corrected chi connectivity index (χ3v) is 8.62. The van der Waals surface area contributed by atoms with Crippen molar-refractivity contribution >= 4 is 46.8 Å². The number of rotatable bonds is 8. The molecule has 2 saturated heterocycles. The summed E-state index contributed by atoms with van der Waals surface area (Å²) in [5.74, 6) is -0.302. The largest absolute Gasteiger partial charge is 0.485 e. The summed E-state index contributed by atoms with van der Waals surface area (Å²) in [4.78, 5) is 42.5. The number of carbonyl (C=O) groups excluding carboxylic acids is 2. The Morgan fingerprint density at radius 3 is 2.70 bits per heavy atom. The summed E-state index contributed by atoms with van der Waals surface area (Å²) < 4.78 is 22.2. The van der Waals surface area contributed by atoms with E-state index in [2.05, 4.69) is 25.6 Å². The Labute approximate surface area is 269 Å². The number of aliphatic hydroxyl groups is 1. The van der Waals surface area contributed by atoms with Gasteiger partial charge in [0.25, 0.3) is 5.91 Å². The van der Waals surface area contributed by atoms with Gasteiger partial charge in [-0.2, -0.15) is 0 Å². The van der Waals surface area contributed by atoms with Crippen LogP contribution in [0.3, 0.4) is 0 Å². The first kappa shape index (κ1) is 31.4. The van der Waals surface area contributed by atoms with Gasteiger partial charge in [-0.05, 0) is 49.2 Å². The molecule has 2 fully saturated rings. The molecule has 2 aliphatic heterocycles. The quantitative estimate of drug-likeness (QED) is 0.248. The van der Waals surface area contributed by atoms with Crippen LogP contribution in [-0.4, -0.2) is 106 Å². The highest BCUT2D eigenvalue weighted by Gasteiger charge is 2.33. The van der Waals surface area contributed by atoms with Crippen molar-refractivity contribution in [3.63, 3.8) is 0 Å². The van der Waals surface area contributed by atoms with Crippen LogP contribution in [0.15, 0.2) is 53.9 Å². The molecule has 3 N–H and O–H groups in total. The highest BCUT2D eigenvalue weighted by atomic mass is 35.5. The molecule has 0 unspecified atom stereocenters. The van der Waals surface area contributed by atoms with E-state index in [9.17, 15) is 14.7 Å². The molecule has 12 nitrogen and oxygen atoms in total. The van der Waals surface area contributed by atoms with Gasteiger partial charge in [-0.3, -0.25) is 19.0 Å². The molecule has 2 amide bonds. The van der Waals surface area contributed by atoms with Crippen molar-refractivity contribution in [3.05, 3.63) is 70.9 Å². The maximum Gasteiger partial charge on any atom is 0.254 e. The topological polar surface area (TPSA) is 137 Å². The van der Waals surface area contributed by atoms with E-state index in [0.29, 0.717) is 73.1 Å². The third kappa shape index (κ3) is 6.26. The van der Waals surface area contributed by atoms with Gasteiger partial charge in [-0.25, -0.2) is 14.4 Å². The molecule has 46 heavy (non-hydrogen) atoms. The van der Waals surface area contributed by atoms with Crippen LogP contribution in [0, 0.1) is 12.7 Å². The monoisotopic (exact) mass is 648 g/mol. The molecule has 4 heterocycles. The van der Waals surface area contributed by atoms with Gasteiger partial charge < -0.3 is 30.3 Å². The summed E-state index contributed by atoms with van der Waals surface area (Å²) in [6.45, 7) is 4.18. The number of halogens is 2. The zero-order valence-corrected chi connectivity index (χ0v) is 26.2. The number of hydrogen-bond donors (Lipinski definition) is 3. The summed E-state index contributed by atoms with van der Waals surface area (Å²) in [7, 11) is 1.61. The van der Waals surface area contributed by atoms with Crippen LogP contribution in [-0.2, 0) is 4.79 Å². The molecule has 2 aromatic heterocycles. The maximum atomic E-state index is 15.0. The number of aliphatic hydroxyl groups excluding tert-OH is 1. The molecule has 2 aliphatic rings. The molecule has 2 aromatic carbocycles. The standard InChI is InChI=1S/C32H34ClFN8O4/c1-19-15-20(3-4-22(19)31(44)40-10-12-41(13-11-40)32(45)24-16-21(43)17-37-24)39-29-30-38-18-25(42(30)9-7-36-29)23-5-6-26(28(34)27(23)33)46-14-8-35-2/h3-9,15,18,21,24,37,43H,10-14,16-17H2,1-2H3,(H,36,39)/t21-,24+/m1/s1. The molecule has 240 valence electrons. The molecule has 14 heteroatoms. The number of carbonyl (C=O) groups is 2. The number of nitrogens with zero attached hydrogens (tertiary/aromatic N) is 6. The van der Waals surface area contributed by atoms with Gasteiger partial charge in [0, 0.05) is 75.2 Å². The Balaban J connectivity index is 1.14. The predicted octanol–water partition coefficient (Wildman–Crippen LogP) is 3.33. The zero-order chi connectivity index (χ0) is 32.4. The normalized spacial score (nSPS) is 18.5. The lowest BCUT2D eigenvalue weighted by molar-refractivity contribution is -0.134. The first-order valence-electron chi connectivity index (χ1n) is 15.0. The Kier molecular flexibility index (Phi) is 9.15. The van der Waals surface area contributed by atoms with Crippen LogP contribution in [0.5, 0.6) is 5.75 Å². The number of imidazole rings is 1. The van der Waals surface area contributed by atoms with Crippen molar-refractivity contribution in [2.24, 2.45) is 4.99 Å². The summed E-state index contributed by atoms with van der Waals surface area (Å²) >= 11 is 6.42. The van der Waals surface area contributed by atoms with Crippen LogP contribution >= 0.6 is 11.6 Å². The fourth-order valence-corrected chi connectivity index (χ4v) is 6.05. The number of nitrogens with one attached hydrogen (secondary N) is 2. The van der Waals surface area contributed by atoms with Gasteiger partial charge in [0.05, 0.1) is 29.1 Å². The predicted molar refractivity (Wildman–Crippen MR) is 173 cm³/mol. The van der Waals surface area contributed by atoms with E-state index < -0.39 is 11.9 Å². The van der Waals surface area contributed by atoms with Gasteiger partial charge in [-0.1, -0.05) is 11.6 Å². The van der Waals surface area contributed by atoms with Crippen LogP contribution in [0.2, 0.25) is 5.02 Å². The van der Waals surface area contributed by atoms with E-state index in [4.69, 9.17) is 16.3 Å². The lowest BCUT2D eigenvalue weighted by Gasteiger charge is -2.36. The second kappa shape index (κ2) is 13.4. The molecule has 0 saturated carbocycles. The molecular formula is C32H34ClFN8O4. The second-order valence-corrected chi connectivity index (χ2v) is 11.6. The first-order valence-corrected chi connectivity index (χ1v) is 15.3. The summed E-state index contributed by atoms with van der Waals surface area (Å²) in [6.07, 6.45) is 6.35. The molecule has 6 rings (SSSR count). The van der Waals surface area contributed by atoms with Crippen molar-refractivity contribution in [1.82, 2.24) is 29.5 Å². The van der Waals surface area contributed by atoms with E-state index in [1.165, 1.54) is 12.3 Å². The highest BCUT2D eigenvalue weighted by molar-refractivity contribution is 6.33. The summed E-state index contributed by atoms with van der Waals surface area (Å²) in [5.41, 5.74) is 3.58. The minimum absolute atomic E-state index is 0.0274. The SMILES string of the molecule is CN=CCOc1ccc(-c2cnc3c(Nc4ccc(C(=O)N5CCN(C(=O)[C@@H]6C[C@@H](O)CN6)CC5)c(C)c4)nccn23)c(Cl)c1F. The highest BCUT2D eigenvalue weighted by Crippen LogP contribution is 2.36. The number of aryl methyl sites for hydroxylation is 1. The van der Waals surface area contributed by atoms with Gasteiger partial charge in [0.2, 0.25) is 5.91 Å². The second-order valence-electron chi connectivity index (χ2n) is 11.2. The van der Waals surface area contributed by atoms with E-state index in [-0.39, 0.29) is 35.2 Å². The number of anilines is 2. The van der Waals surface area contributed by atoms with Crippen LogP contribution in [0.4, 0.5) is 15.9 Å². The minimum Gasteiger partial charge on any atom is -0.485 e. The molecular weight excluding hydrogens is 615 g/mol. The first-order chi connectivity index (χ1) is 22.2. The van der Waals surface area contributed by atoms with Crippen molar-refractivity contribution < 1.29 is 23.8 Å². The molecule has 0 radical (unpaired) electrons. The summed E-state index contributed by atoms with van der Waals surface area (Å²) in [6, 6.07) is 8.28. The van der Waals surface area contributed by atoms with Crippen molar-refractivity contribution in [1.29, 1.82) is 0 Å². The van der Waals surface area contributed by atoms with Crippen molar-refractivity contribution in [2.75, 3.05) is 51.7 Å². The van der Waals surface area contributed by atoms with E-state index in [0.717, 1.165) is 5.56 Å². The number of aliphatic imine (C=N–C) groups is 1. The van der Waals surface area contributed by atoms with Crippen LogP contribution < -0.4 is 15.4 Å². The zero-order valence-electron chi connectivity index (χ0n) is 25.4. The molecule has 4 aromatic rings. The van der Waals surface area contributed by atoms with Crippen molar-refractivity contribution in [2.45, 2.75) is 25.5 Å². The van der Waals surface area contributed by atoms with Crippen molar-refractivity contribution in [3.8, 4) is 17.0 Å². The third-order valence-electron chi connectivity index (χ3n) is 8.25. The van der Waals surface area contributed by atoms with Gasteiger partial charge in [0.1, 0.15) is 6.61 Å². The van der Waals surface area contributed by atoms with Gasteiger partial charge in [-0.15, -0.1) is 0 Å². The fraction of sp³-hybridized carbons (Fsp3) is 0.344.